The van der Waals surface area contributed by atoms with Gasteiger partial charge in [0, 0.05) is 13.1 Å². The summed E-state index contributed by atoms with van der Waals surface area (Å²) in [5.74, 6) is 1.26. The number of furan rings is 1. The van der Waals surface area contributed by atoms with Crippen molar-refractivity contribution in [3.63, 3.8) is 0 Å². The first-order valence-electron chi connectivity index (χ1n) is 9.19. The maximum absolute atomic E-state index is 12.6. The zero-order valence-corrected chi connectivity index (χ0v) is 14.9. The molecule has 3 heterocycles. The normalized spacial score (nSPS) is 21.6. The molecule has 2 aromatic rings. The molecule has 2 aliphatic heterocycles. The largest absolute Gasteiger partial charge is 0.486 e. The van der Waals surface area contributed by atoms with Gasteiger partial charge in [-0.05, 0) is 37.1 Å². The lowest BCUT2D eigenvalue weighted by molar-refractivity contribution is -0.126. The van der Waals surface area contributed by atoms with E-state index in [1.165, 1.54) is 6.26 Å². The lowest BCUT2D eigenvalue weighted by atomic mass is 9.97. The number of piperidine rings is 1. The number of hydrogen-bond acceptors (Lipinski definition) is 5. The highest BCUT2D eigenvalue weighted by molar-refractivity contribution is 5.92. The number of carbonyl (C=O) groups excluding carboxylic acids is 2. The fourth-order valence-corrected chi connectivity index (χ4v) is 3.45. The highest BCUT2D eigenvalue weighted by Crippen LogP contribution is 2.30. The molecule has 142 valence electrons. The minimum absolute atomic E-state index is 0.0607. The average molecular weight is 370 g/mol. The Balaban J connectivity index is 1.29. The quantitative estimate of drug-likeness (QED) is 0.891. The van der Waals surface area contributed by atoms with Crippen LogP contribution in [0, 0.1) is 5.92 Å². The molecule has 2 amide bonds. The fraction of sp³-hybridized carbons (Fsp3) is 0.400. The van der Waals surface area contributed by atoms with Crippen LogP contribution in [0.1, 0.15) is 23.4 Å². The van der Waals surface area contributed by atoms with Crippen LogP contribution < -0.4 is 14.8 Å². The smallest absolute Gasteiger partial charge is 0.289 e. The van der Waals surface area contributed by atoms with Gasteiger partial charge in [0.25, 0.3) is 5.91 Å². The monoisotopic (exact) mass is 370 g/mol. The number of hydrogen-bond donors (Lipinski definition) is 1. The van der Waals surface area contributed by atoms with Crippen LogP contribution >= 0.6 is 0 Å². The number of likely N-dealkylation sites (tertiary alicyclic amines) is 1. The Hall–Kier alpha value is -2.96. The van der Waals surface area contributed by atoms with E-state index in [0.29, 0.717) is 37.8 Å². The summed E-state index contributed by atoms with van der Waals surface area (Å²) in [6.07, 6.45) is 2.80. The van der Waals surface area contributed by atoms with Crippen molar-refractivity contribution >= 4 is 11.8 Å². The Bertz CT molecular complexity index is 804. The van der Waals surface area contributed by atoms with E-state index in [4.69, 9.17) is 13.9 Å². The molecule has 1 N–H and O–H groups in total. The van der Waals surface area contributed by atoms with Crippen molar-refractivity contribution in [2.45, 2.75) is 18.9 Å². The second-order valence-corrected chi connectivity index (χ2v) is 6.81. The lowest BCUT2D eigenvalue weighted by Crippen LogP contribution is -2.48. The van der Waals surface area contributed by atoms with E-state index in [-0.39, 0.29) is 23.8 Å². The van der Waals surface area contributed by atoms with Gasteiger partial charge in [-0.15, -0.1) is 0 Å². The van der Waals surface area contributed by atoms with Crippen molar-refractivity contribution in [2.24, 2.45) is 5.92 Å². The molecule has 0 bridgehead atoms. The molecule has 7 nitrogen and oxygen atoms in total. The van der Waals surface area contributed by atoms with E-state index < -0.39 is 0 Å². The molecule has 1 fully saturated rings. The van der Waals surface area contributed by atoms with Gasteiger partial charge >= 0.3 is 0 Å². The van der Waals surface area contributed by atoms with Gasteiger partial charge in [-0.25, -0.2) is 0 Å². The summed E-state index contributed by atoms with van der Waals surface area (Å²) in [6.45, 7) is 1.80. The Labute approximate surface area is 157 Å². The van der Waals surface area contributed by atoms with Crippen LogP contribution in [-0.2, 0) is 4.79 Å². The molecule has 0 saturated carbocycles. The van der Waals surface area contributed by atoms with Crippen LogP contribution in [0.4, 0.5) is 0 Å². The van der Waals surface area contributed by atoms with E-state index in [2.05, 4.69) is 5.32 Å². The molecule has 1 saturated heterocycles. The van der Waals surface area contributed by atoms with Crippen molar-refractivity contribution < 1.29 is 23.5 Å². The standard InChI is InChI=1S/C20H22N2O5/c23-19(21-11-15-13-26-16-6-1-2-7-17(16)27-15)14-5-3-9-22(12-14)20(24)18-8-4-10-25-18/h1-2,4,6-8,10,14-15H,3,5,9,11-13H2,(H,21,23)/t14-,15-/m0/s1. The van der Waals surface area contributed by atoms with E-state index in [9.17, 15) is 9.59 Å². The Morgan fingerprint density at radius 1 is 1.15 bits per heavy atom. The van der Waals surface area contributed by atoms with Crippen LogP contribution in [0.15, 0.2) is 47.1 Å². The molecule has 0 spiro atoms. The predicted octanol–water partition coefficient (Wildman–Crippen LogP) is 2.09. The van der Waals surface area contributed by atoms with Crippen LogP contribution in [0.25, 0.3) is 0 Å². The minimum atomic E-state index is -0.228. The van der Waals surface area contributed by atoms with Gasteiger partial charge in [-0.1, -0.05) is 12.1 Å². The van der Waals surface area contributed by atoms with Gasteiger partial charge in [-0.3, -0.25) is 9.59 Å². The molecule has 1 aromatic heterocycles. The van der Waals surface area contributed by atoms with E-state index >= 15 is 0 Å². The average Bonchev–Trinajstić information content (AvgIpc) is 3.26. The second kappa shape index (κ2) is 7.73. The van der Waals surface area contributed by atoms with Crippen LogP contribution in [0.2, 0.25) is 0 Å². The van der Waals surface area contributed by atoms with Gasteiger partial charge in [0.05, 0.1) is 18.7 Å². The number of nitrogens with zero attached hydrogens (tertiary/aromatic N) is 1. The molecule has 1 aromatic carbocycles. The maximum Gasteiger partial charge on any atom is 0.289 e. The van der Waals surface area contributed by atoms with Crippen molar-refractivity contribution in [3.05, 3.63) is 48.4 Å². The summed E-state index contributed by atoms with van der Waals surface area (Å²) in [6, 6.07) is 10.8. The second-order valence-electron chi connectivity index (χ2n) is 6.81. The summed E-state index contributed by atoms with van der Waals surface area (Å²) in [4.78, 5) is 26.7. The van der Waals surface area contributed by atoms with Crippen LogP contribution in [-0.4, -0.2) is 49.1 Å². The Morgan fingerprint density at radius 3 is 2.81 bits per heavy atom. The molecule has 27 heavy (non-hydrogen) atoms. The highest BCUT2D eigenvalue weighted by Gasteiger charge is 2.30. The zero-order valence-electron chi connectivity index (χ0n) is 14.9. The molecule has 2 atom stereocenters. The van der Waals surface area contributed by atoms with Gasteiger partial charge in [0.15, 0.2) is 17.3 Å². The summed E-state index contributed by atoms with van der Waals surface area (Å²) in [5, 5.41) is 2.94. The van der Waals surface area contributed by atoms with Crippen molar-refractivity contribution in [3.8, 4) is 11.5 Å². The van der Waals surface area contributed by atoms with Gasteiger partial charge in [0.2, 0.25) is 5.91 Å². The SMILES string of the molecule is O=C(NC[C@H]1COc2ccccc2O1)[C@H]1CCCN(C(=O)c2ccco2)C1. The third-order valence-electron chi connectivity index (χ3n) is 4.88. The maximum atomic E-state index is 12.6. The molecule has 0 radical (unpaired) electrons. The molecule has 2 aliphatic rings. The molecular formula is C20H22N2O5. The zero-order chi connectivity index (χ0) is 18.6. The molecular weight excluding hydrogens is 348 g/mol. The fourth-order valence-electron chi connectivity index (χ4n) is 3.45. The third-order valence-corrected chi connectivity index (χ3v) is 4.88. The van der Waals surface area contributed by atoms with Crippen molar-refractivity contribution in [1.82, 2.24) is 10.2 Å². The molecule has 0 aliphatic carbocycles. The Morgan fingerprint density at radius 2 is 2.00 bits per heavy atom. The lowest BCUT2D eigenvalue weighted by Gasteiger charge is -2.32. The van der Waals surface area contributed by atoms with Crippen LogP contribution in [0.3, 0.4) is 0 Å². The van der Waals surface area contributed by atoms with Crippen LogP contribution in [0.5, 0.6) is 11.5 Å². The topological polar surface area (TPSA) is 81.0 Å². The number of amides is 2. The number of nitrogens with one attached hydrogen (secondary N) is 1. The summed E-state index contributed by atoms with van der Waals surface area (Å²) >= 11 is 0. The molecule has 0 unspecified atom stereocenters. The predicted molar refractivity (Wildman–Crippen MR) is 96.7 cm³/mol. The third kappa shape index (κ3) is 3.92. The van der Waals surface area contributed by atoms with Gasteiger partial charge in [-0.2, -0.15) is 0 Å². The van der Waals surface area contributed by atoms with E-state index in [1.54, 1.807) is 17.0 Å². The number of rotatable bonds is 4. The molecule has 7 heteroatoms. The summed E-state index contributed by atoms with van der Waals surface area (Å²) in [5.41, 5.74) is 0. The van der Waals surface area contributed by atoms with Crippen molar-refractivity contribution in [2.75, 3.05) is 26.2 Å². The first-order chi connectivity index (χ1) is 13.2. The number of benzene rings is 1. The number of para-hydroxylation sites is 2. The minimum Gasteiger partial charge on any atom is -0.486 e. The number of ether oxygens (including phenoxy) is 2. The van der Waals surface area contributed by atoms with E-state index in [1.807, 2.05) is 24.3 Å². The molecule has 4 rings (SSSR count). The van der Waals surface area contributed by atoms with Crippen molar-refractivity contribution in [1.29, 1.82) is 0 Å². The number of carbonyl (C=O) groups is 2. The van der Waals surface area contributed by atoms with E-state index in [0.717, 1.165) is 18.6 Å². The van der Waals surface area contributed by atoms with Gasteiger partial charge in [0.1, 0.15) is 12.7 Å². The first-order valence-corrected chi connectivity index (χ1v) is 9.19. The van der Waals surface area contributed by atoms with Gasteiger partial charge < -0.3 is 24.1 Å². The first kappa shape index (κ1) is 17.5. The Kier molecular flexibility index (Phi) is 5.00. The number of fused-ring (bicyclic) bond motifs is 1. The summed E-state index contributed by atoms with van der Waals surface area (Å²) in [7, 11) is 0. The summed E-state index contributed by atoms with van der Waals surface area (Å²) < 4.78 is 16.7. The highest BCUT2D eigenvalue weighted by atomic mass is 16.6.